The molecule has 0 bridgehead atoms. The fourth-order valence-corrected chi connectivity index (χ4v) is 3.63. The van der Waals surface area contributed by atoms with E-state index in [-0.39, 0.29) is 32.7 Å². The number of rotatable bonds is 3. The van der Waals surface area contributed by atoms with Gasteiger partial charge in [-0.1, -0.05) is 6.08 Å². The molecule has 0 aromatic heterocycles. The van der Waals surface area contributed by atoms with E-state index in [1.807, 2.05) is 0 Å². The van der Waals surface area contributed by atoms with Gasteiger partial charge in [0.1, 0.15) is 11.5 Å². The van der Waals surface area contributed by atoms with Gasteiger partial charge in [-0.2, -0.15) is 0 Å². The third kappa shape index (κ3) is 2.41. The molecule has 2 aliphatic rings. The van der Waals surface area contributed by atoms with Crippen LogP contribution in [0.1, 0.15) is 40.0 Å². The van der Waals surface area contributed by atoms with Crippen molar-refractivity contribution in [2.75, 3.05) is 14.2 Å². The molecule has 0 radical (unpaired) electrons. The minimum absolute atomic E-state index is 0.0908. The van der Waals surface area contributed by atoms with Gasteiger partial charge < -0.3 is 9.47 Å². The number of hydrogen-bond acceptors (Lipinski definition) is 5. The molecular formula is C18H15BrO5. The van der Waals surface area contributed by atoms with Crippen LogP contribution in [0.15, 0.2) is 33.8 Å². The number of fused-ring (bicyclic) bond motifs is 1. The molecule has 124 valence electrons. The summed E-state index contributed by atoms with van der Waals surface area (Å²) in [6.07, 6.45) is 3.56. The number of Topliss-reactive ketones (excluding diaryl/α,β-unsaturated/α-hetero) is 3. The molecule has 0 fully saturated rings. The van der Waals surface area contributed by atoms with E-state index in [0.29, 0.717) is 24.2 Å². The molecule has 0 spiro atoms. The van der Waals surface area contributed by atoms with Crippen molar-refractivity contribution < 1.29 is 23.9 Å². The lowest BCUT2D eigenvalue weighted by molar-refractivity contribution is -0.115. The van der Waals surface area contributed by atoms with E-state index in [2.05, 4.69) is 15.9 Å². The van der Waals surface area contributed by atoms with Gasteiger partial charge in [-0.05, 0) is 40.9 Å². The van der Waals surface area contributed by atoms with Gasteiger partial charge in [0, 0.05) is 12.0 Å². The van der Waals surface area contributed by atoms with E-state index < -0.39 is 11.6 Å². The van der Waals surface area contributed by atoms with Crippen molar-refractivity contribution in [3.05, 3.63) is 45.0 Å². The Morgan fingerprint density at radius 3 is 2.08 bits per heavy atom. The Morgan fingerprint density at radius 2 is 1.54 bits per heavy atom. The van der Waals surface area contributed by atoms with Gasteiger partial charge in [0.2, 0.25) is 5.78 Å². The van der Waals surface area contributed by atoms with Gasteiger partial charge in [-0.25, -0.2) is 0 Å². The number of methoxy groups -OCH3 is 2. The largest absolute Gasteiger partial charge is 0.496 e. The normalized spacial score (nSPS) is 17.6. The first-order chi connectivity index (χ1) is 11.5. The summed E-state index contributed by atoms with van der Waals surface area (Å²) < 4.78 is 10.6. The minimum Gasteiger partial charge on any atom is -0.496 e. The number of halogens is 1. The van der Waals surface area contributed by atoms with Gasteiger partial charge in [0.05, 0.1) is 35.4 Å². The molecule has 0 saturated heterocycles. The lowest BCUT2D eigenvalue weighted by Crippen LogP contribution is -2.25. The van der Waals surface area contributed by atoms with Crippen molar-refractivity contribution in [2.24, 2.45) is 0 Å². The van der Waals surface area contributed by atoms with Crippen molar-refractivity contribution >= 4 is 33.3 Å². The van der Waals surface area contributed by atoms with Crippen molar-refractivity contribution in [3.63, 3.8) is 0 Å². The Morgan fingerprint density at radius 1 is 0.958 bits per heavy atom. The second-order valence-corrected chi connectivity index (χ2v) is 6.29. The molecule has 0 N–H and O–H groups in total. The zero-order valence-corrected chi connectivity index (χ0v) is 14.9. The van der Waals surface area contributed by atoms with Gasteiger partial charge in [-0.15, -0.1) is 0 Å². The maximum absolute atomic E-state index is 13.1. The molecule has 0 unspecified atom stereocenters. The fourth-order valence-electron chi connectivity index (χ4n) is 3.04. The molecule has 0 heterocycles. The Hall–Kier alpha value is -2.21. The smallest absolute Gasteiger partial charge is 0.205 e. The summed E-state index contributed by atoms with van der Waals surface area (Å²) in [7, 11) is 2.86. The van der Waals surface area contributed by atoms with Crippen LogP contribution in [0.25, 0.3) is 0 Å². The van der Waals surface area contributed by atoms with E-state index in [0.717, 1.165) is 6.42 Å². The molecule has 1 aromatic rings. The van der Waals surface area contributed by atoms with Crippen LogP contribution in [0.2, 0.25) is 0 Å². The molecule has 3 rings (SSSR count). The Balaban J connectivity index is 2.27. The van der Waals surface area contributed by atoms with Gasteiger partial charge >= 0.3 is 0 Å². The van der Waals surface area contributed by atoms with Gasteiger partial charge in [-0.3, -0.25) is 14.4 Å². The predicted molar refractivity (Wildman–Crippen MR) is 91.1 cm³/mol. The van der Waals surface area contributed by atoms with Crippen molar-refractivity contribution in [1.29, 1.82) is 0 Å². The van der Waals surface area contributed by atoms with Crippen molar-refractivity contribution in [2.45, 2.75) is 19.3 Å². The molecule has 1 aromatic carbocycles. The highest BCUT2D eigenvalue weighted by molar-refractivity contribution is 9.12. The summed E-state index contributed by atoms with van der Waals surface area (Å²) in [4.78, 5) is 38.2. The predicted octanol–water partition coefficient (Wildman–Crippen LogP) is 3.41. The average Bonchev–Trinajstić information content (AvgIpc) is 2.60. The summed E-state index contributed by atoms with van der Waals surface area (Å²) in [5.41, 5.74) is 0.714. The van der Waals surface area contributed by atoms with Crippen LogP contribution in [0, 0.1) is 0 Å². The molecule has 0 amide bonds. The molecule has 24 heavy (non-hydrogen) atoms. The van der Waals surface area contributed by atoms with Crippen LogP contribution in [0.5, 0.6) is 11.5 Å². The van der Waals surface area contributed by atoms with Gasteiger partial charge in [0.15, 0.2) is 11.6 Å². The topological polar surface area (TPSA) is 69.7 Å². The van der Waals surface area contributed by atoms with E-state index in [1.165, 1.54) is 14.2 Å². The van der Waals surface area contributed by atoms with E-state index in [9.17, 15) is 14.4 Å². The SMILES string of the molecule is COc1ccc(OC)c2c1C(=O)C(Br)=C(C1=CCCCC1=O)C2=O. The van der Waals surface area contributed by atoms with Crippen LogP contribution < -0.4 is 9.47 Å². The average molecular weight is 391 g/mol. The van der Waals surface area contributed by atoms with Crippen LogP contribution in [0.3, 0.4) is 0 Å². The number of carbonyl (C=O) groups is 3. The molecule has 5 nitrogen and oxygen atoms in total. The first-order valence-electron chi connectivity index (χ1n) is 7.49. The quantitative estimate of drug-likeness (QED) is 0.790. The first-order valence-corrected chi connectivity index (χ1v) is 8.28. The number of carbonyl (C=O) groups excluding carboxylic acids is 3. The third-order valence-corrected chi connectivity index (χ3v) is 4.95. The Labute approximate surface area is 147 Å². The summed E-state index contributed by atoms with van der Waals surface area (Å²) in [6, 6.07) is 3.16. The molecule has 0 aliphatic heterocycles. The van der Waals surface area contributed by atoms with E-state index in [4.69, 9.17) is 9.47 Å². The number of hydrogen-bond donors (Lipinski definition) is 0. The zero-order valence-electron chi connectivity index (χ0n) is 13.3. The van der Waals surface area contributed by atoms with Crippen LogP contribution >= 0.6 is 15.9 Å². The van der Waals surface area contributed by atoms with Crippen molar-refractivity contribution in [3.8, 4) is 11.5 Å². The lowest BCUT2D eigenvalue weighted by atomic mass is 9.81. The highest BCUT2D eigenvalue weighted by Gasteiger charge is 2.39. The highest BCUT2D eigenvalue weighted by atomic mass is 79.9. The Kier molecular flexibility index (Phi) is 4.41. The van der Waals surface area contributed by atoms with Gasteiger partial charge in [0.25, 0.3) is 0 Å². The van der Waals surface area contributed by atoms with Crippen LogP contribution in [-0.4, -0.2) is 31.6 Å². The highest BCUT2D eigenvalue weighted by Crippen LogP contribution is 2.42. The second-order valence-electron chi connectivity index (χ2n) is 5.50. The standard InChI is InChI=1S/C18H15BrO5/c1-23-11-7-8-12(24-2)15-14(11)17(21)13(16(19)18(15)22)9-5-3-4-6-10(9)20/h5,7-8H,3-4,6H2,1-2H3. The molecule has 2 aliphatic carbocycles. The number of allylic oxidation sites excluding steroid dienone is 4. The first kappa shape index (κ1) is 16.6. The monoisotopic (exact) mass is 390 g/mol. The second kappa shape index (κ2) is 6.36. The van der Waals surface area contributed by atoms with Crippen molar-refractivity contribution in [1.82, 2.24) is 0 Å². The fraction of sp³-hybridized carbons (Fsp3) is 0.278. The van der Waals surface area contributed by atoms with Crippen LogP contribution in [0.4, 0.5) is 0 Å². The number of ketones is 3. The summed E-state index contributed by atoms with van der Waals surface area (Å²) >= 11 is 3.22. The summed E-state index contributed by atoms with van der Waals surface area (Å²) in [5.74, 6) is -0.349. The maximum atomic E-state index is 13.1. The summed E-state index contributed by atoms with van der Waals surface area (Å²) in [5, 5.41) is 0. The lowest BCUT2D eigenvalue weighted by Gasteiger charge is -2.24. The molecular weight excluding hydrogens is 376 g/mol. The third-order valence-electron chi connectivity index (χ3n) is 4.19. The van der Waals surface area contributed by atoms with E-state index in [1.54, 1.807) is 18.2 Å². The number of benzene rings is 1. The van der Waals surface area contributed by atoms with Crippen LogP contribution in [-0.2, 0) is 4.79 Å². The number of ether oxygens (including phenoxy) is 2. The molecule has 0 atom stereocenters. The molecule has 6 heteroatoms. The maximum Gasteiger partial charge on any atom is 0.205 e. The Bertz CT molecular complexity index is 832. The zero-order chi connectivity index (χ0) is 17.4. The summed E-state index contributed by atoms with van der Waals surface area (Å²) in [6.45, 7) is 0. The minimum atomic E-state index is -0.409. The van der Waals surface area contributed by atoms with E-state index >= 15 is 0 Å². The molecule has 0 saturated carbocycles.